The molecule has 1 N–H and O–H groups in total. The molecule has 0 aliphatic carbocycles. The number of benzene rings is 1. The van der Waals surface area contributed by atoms with Gasteiger partial charge in [0.25, 0.3) is 0 Å². The predicted molar refractivity (Wildman–Crippen MR) is 92.8 cm³/mol. The molecule has 0 spiro atoms. The number of piperidine rings is 1. The second-order valence-corrected chi connectivity index (χ2v) is 7.72. The molecule has 0 aromatic heterocycles. The Hall–Kier alpha value is -0.510. The molecule has 3 rings (SSSR count). The molecule has 116 valence electrons. The lowest BCUT2D eigenvalue weighted by molar-refractivity contribution is 0.187. The van der Waals surface area contributed by atoms with Gasteiger partial charge in [-0.1, -0.05) is 30.3 Å². The first kappa shape index (κ1) is 15.4. The van der Waals surface area contributed by atoms with Crippen LogP contribution in [0, 0.1) is 5.92 Å². The molecular formula is C18H28N2S. The van der Waals surface area contributed by atoms with E-state index < -0.39 is 0 Å². The molecule has 1 aromatic rings. The van der Waals surface area contributed by atoms with Crippen molar-refractivity contribution in [1.82, 2.24) is 10.2 Å². The van der Waals surface area contributed by atoms with E-state index in [-0.39, 0.29) is 0 Å². The number of likely N-dealkylation sites (tertiary alicyclic amines) is 1. The van der Waals surface area contributed by atoms with Gasteiger partial charge in [0.15, 0.2) is 0 Å². The van der Waals surface area contributed by atoms with Crippen LogP contribution >= 0.6 is 11.8 Å². The van der Waals surface area contributed by atoms with Crippen LogP contribution in [0.3, 0.4) is 0 Å². The van der Waals surface area contributed by atoms with Gasteiger partial charge in [0, 0.05) is 12.6 Å². The van der Waals surface area contributed by atoms with Gasteiger partial charge in [0.2, 0.25) is 0 Å². The van der Waals surface area contributed by atoms with Crippen LogP contribution < -0.4 is 5.32 Å². The van der Waals surface area contributed by atoms with E-state index in [4.69, 9.17) is 0 Å². The van der Waals surface area contributed by atoms with Crippen LogP contribution in [0.15, 0.2) is 30.3 Å². The number of thioether (sulfide) groups is 1. The molecule has 0 saturated carbocycles. The molecule has 0 unspecified atom stereocenters. The highest BCUT2D eigenvalue weighted by Gasteiger charge is 2.20. The van der Waals surface area contributed by atoms with Gasteiger partial charge in [0.05, 0.1) is 0 Å². The summed E-state index contributed by atoms with van der Waals surface area (Å²) < 4.78 is 0. The van der Waals surface area contributed by atoms with E-state index in [1.165, 1.54) is 62.4 Å². The minimum atomic E-state index is 0.756. The second kappa shape index (κ2) is 8.21. The van der Waals surface area contributed by atoms with Gasteiger partial charge >= 0.3 is 0 Å². The lowest BCUT2D eigenvalue weighted by Crippen LogP contribution is -2.43. The summed E-state index contributed by atoms with van der Waals surface area (Å²) in [6, 6.07) is 11.6. The highest BCUT2D eigenvalue weighted by molar-refractivity contribution is 7.99. The Morgan fingerprint density at radius 3 is 2.43 bits per heavy atom. The van der Waals surface area contributed by atoms with Gasteiger partial charge in [-0.05, 0) is 68.3 Å². The summed E-state index contributed by atoms with van der Waals surface area (Å²) in [5, 5.41) is 3.84. The maximum absolute atomic E-state index is 3.84. The van der Waals surface area contributed by atoms with E-state index in [0.29, 0.717) is 0 Å². The van der Waals surface area contributed by atoms with Crippen molar-refractivity contribution in [2.75, 3.05) is 31.1 Å². The summed E-state index contributed by atoms with van der Waals surface area (Å²) in [5.74, 6) is 3.69. The maximum Gasteiger partial charge on any atom is 0.0233 e. The molecule has 0 atom stereocenters. The molecule has 2 aliphatic rings. The molecule has 0 bridgehead atoms. The fourth-order valence-corrected chi connectivity index (χ4v) is 4.62. The molecule has 2 saturated heterocycles. The Bertz CT molecular complexity index is 395. The summed E-state index contributed by atoms with van der Waals surface area (Å²) >= 11 is 2.13. The first-order valence-corrected chi connectivity index (χ1v) is 9.63. The molecule has 1 aromatic carbocycles. The molecule has 2 heterocycles. The van der Waals surface area contributed by atoms with Crippen molar-refractivity contribution < 1.29 is 0 Å². The SMILES string of the molecule is c1ccc(CN2CCC(NCC3CCSCC3)CC2)cc1. The zero-order chi connectivity index (χ0) is 14.3. The zero-order valence-electron chi connectivity index (χ0n) is 13.0. The third-order valence-electron chi connectivity index (χ3n) is 4.87. The van der Waals surface area contributed by atoms with Crippen molar-refractivity contribution in [3.8, 4) is 0 Å². The van der Waals surface area contributed by atoms with Crippen LogP contribution in [0.5, 0.6) is 0 Å². The zero-order valence-corrected chi connectivity index (χ0v) is 13.8. The Morgan fingerprint density at radius 2 is 1.71 bits per heavy atom. The van der Waals surface area contributed by atoms with Crippen molar-refractivity contribution in [3.05, 3.63) is 35.9 Å². The minimum absolute atomic E-state index is 0.756. The van der Waals surface area contributed by atoms with Gasteiger partial charge in [-0.2, -0.15) is 11.8 Å². The van der Waals surface area contributed by atoms with Crippen molar-refractivity contribution in [3.63, 3.8) is 0 Å². The standard InChI is InChI=1S/C18H28N2S/c1-2-4-17(5-3-1)15-20-10-6-18(7-11-20)19-14-16-8-12-21-13-9-16/h1-5,16,18-19H,6-15H2. The van der Waals surface area contributed by atoms with Crippen LogP contribution in [-0.2, 0) is 6.54 Å². The summed E-state index contributed by atoms with van der Waals surface area (Å²) in [6.45, 7) is 4.86. The summed E-state index contributed by atoms with van der Waals surface area (Å²) in [7, 11) is 0. The summed E-state index contributed by atoms with van der Waals surface area (Å²) in [5.41, 5.74) is 1.45. The van der Waals surface area contributed by atoms with Gasteiger partial charge < -0.3 is 5.32 Å². The first-order valence-electron chi connectivity index (χ1n) is 8.47. The largest absolute Gasteiger partial charge is 0.314 e. The minimum Gasteiger partial charge on any atom is -0.314 e. The van der Waals surface area contributed by atoms with Gasteiger partial charge in [0.1, 0.15) is 0 Å². The first-order chi connectivity index (χ1) is 10.4. The van der Waals surface area contributed by atoms with Crippen molar-refractivity contribution in [2.45, 2.75) is 38.3 Å². The van der Waals surface area contributed by atoms with E-state index >= 15 is 0 Å². The van der Waals surface area contributed by atoms with E-state index in [1.807, 2.05) is 0 Å². The molecule has 0 amide bonds. The lowest BCUT2D eigenvalue weighted by atomic mass is 10.00. The Balaban J connectivity index is 1.35. The average molecular weight is 305 g/mol. The van der Waals surface area contributed by atoms with E-state index in [9.17, 15) is 0 Å². The van der Waals surface area contributed by atoms with Crippen LogP contribution in [0.4, 0.5) is 0 Å². The van der Waals surface area contributed by atoms with Gasteiger partial charge in [-0.15, -0.1) is 0 Å². The fourth-order valence-electron chi connectivity index (χ4n) is 3.42. The van der Waals surface area contributed by atoms with Crippen molar-refractivity contribution in [1.29, 1.82) is 0 Å². The third kappa shape index (κ3) is 5.01. The fraction of sp³-hybridized carbons (Fsp3) is 0.667. The van der Waals surface area contributed by atoms with Gasteiger partial charge in [-0.25, -0.2) is 0 Å². The molecule has 2 aliphatic heterocycles. The van der Waals surface area contributed by atoms with E-state index in [0.717, 1.165) is 18.5 Å². The average Bonchev–Trinajstić information content (AvgIpc) is 2.56. The Morgan fingerprint density at radius 1 is 1.00 bits per heavy atom. The maximum atomic E-state index is 3.84. The van der Waals surface area contributed by atoms with E-state index in [1.54, 1.807) is 0 Å². The highest BCUT2D eigenvalue weighted by Crippen LogP contribution is 2.22. The van der Waals surface area contributed by atoms with Crippen LogP contribution in [0.2, 0.25) is 0 Å². The molecule has 3 heteroatoms. The van der Waals surface area contributed by atoms with Crippen LogP contribution in [0.1, 0.15) is 31.2 Å². The van der Waals surface area contributed by atoms with E-state index in [2.05, 4.69) is 52.3 Å². The molecule has 0 radical (unpaired) electrons. The quantitative estimate of drug-likeness (QED) is 0.898. The van der Waals surface area contributed by atoms with Crippen LogP contribution in [-0.4, -0.2) is 42.1 Å². The monoisotopic (exact) mass is 304 g/mol. The third-order valence-corrected chi connectivity index (χ3v) is 5.92. The molecule has 21 heavy (non-hydrogen) atoms. The number of rotatable bonds is 5. The number of hydrogen-bond donors (Lipinski definition) is 1. The summed E-state index contributed by atoms with van der Waals surface area (Å²) in [6.07, 6.45) is 5.47. The lowest BCUT2D eigenvalue weighted by Gasteiger charge is -2.33. The number of nitrogens with one attached hydrogen (secondary N) is 1. The number of nitrogens with zero attached hydrogens (tertiary/aromatic N) is 1. The van der Waals surface area contributed by atoms with Crippen molar-refractivity contribution in [2.24, 2.45) is 5.92 Å². The normalized spacial score (nSPS) is 22.5. The van der Waals surface area contributed by atoms with Crippen molar-refractivity contribution >= 4 is 11.8 Å². The predicted octanol–water partition coefficient (Wildman–Crippen LogP) is 3.38. The second-order valence-electron chi connectivity index (χ2n) is 6.50. The Kier molecular flexibility index (Phi) is 6.02. The topological polar surface area (TPSA) is 15.3 Å². The van der Waals surface area contributed by atoms with Gasteiger partial charge in [-0.3, -0.25) is 4.90 Å². The molecular weight excluding hydrogens is 276 g/mol. The summed E-state index contributed by atoms with van der Waals surface area (Å²) in [4.78, 5) is 2.60. The molecule has 2 fully saturated rings. The highest BCUT2D eigenvalue weighted by atomic mass is 32.2. The Labute approximate surface area is 133 Å². The number of hydrogen-bond acceptors (Lipinski definition) is 3. The molecule has 2 nitrogen and oxygen atoms in total. The smallest absolute Gasteiger partial charge is 0.0233 e. The van der Waals surface area contributed by atoms with Crippen LogP contribution in [0.25, 0.3) is 0 Å².